The van der Waals surface area contributed by atoms with E-state index in [9.17, 15) is 4.79 Å². The summed E-state index contributed by atoms with van der Waals surface area (Å²) in [7, 11) is 1.39. The monoisotopic (exact) mass is 334 g/mol. The van der Waals surface area contributed by atoms with Gasteiger partial charge in [0.1, 0.15) is 6.04 Å². The number of hydrogen-bond acceptors (Lipinski definition) is 6. The molecule has 1 saturated heterocycles. The van der Waals surface area contributed by atoms with E-state index >= 15 is 0 Å². The van der Waals surface area contributed by atoms with E-state index < -0.39 is 11.8 Å². The second-order valence-corrected chi connectivity index (χ2v) is 6.79. The van der Waals surface area contributed by atoms with Gasteiger partial charge in [0.05, 0.1) is 19.8 Å². The molecule has 24 heavy (non-hydrogen) atoms. The van der Waals surface area contributed by atoms with E-state index in [1.807, 2.05) is 6.07 Å². The van der Waals surface area contributed by atoms with E-state index in [0.717, 1.165) is 37.2 Å². The first-order valence-electron chi connectivity index (χ1n) is 8.65. The summed E-state index contributed by atoms with van der Waals surface area (Å²) in [5, 5.41) is 3.24. The fraction of sp³-hybridized carbons (Fsp3) is 0.667. The maximum atomic E-state index is 12.1. The molecule has 2 atom stereocenters. The zero-order chi connectivity index (χ0) is 17.0. The van der Waals surface area contributed by atoms with Crippen molar-refractivity contribution in [2.45, 2.75) is 50.5 Å². The molecule has 132 valence electrons. The third kappa shape index (κ3) is 3.94. The Bertz CT molecular complexity index is 543. The second-order valence-electron chi connectivity index (χ2n) is 6.79. The highest BCUT2D eigenvalue weighted by atomic mass is 16.7. The van der Waals surface area contributed by atoms with Crippen LogP contribution in [-0.4, -0.2) is 43.1 Å². The van der Waals surface area contributed by atoms with Crippen LogP contribution < -0.4 is 5.32 Å². The number of nitrogens with one attached hydrogen (secondary N) is 1. The van der Waals surface area contributed by atoms with Gasteiger partial charge < -0.3 is 14.2 Å². The molecular weight excluding hydrogens is 308 g/mol. The highest BCUT2D eigenvalue weighted by Crippen LogP contribution is 2.39. The van der Waals surface area contributed by atoms with Crippen LogP contribution in [0.4, 0.5) is 0 Å². The number of hydrogen-bond donors (Lipinski definition) is 1. The molecule has 1 aliphatic heterocycles. The summed E-state index contributed by atoms with van der Waals surface area (Å²) in [5.74, 6) is 0.00546. The van der Waals surface area contributed by atoms with Crippen LogP contribution >= 0.6 is 0 Å². The van der Waals surface area contributed by atoms with Gasteiger partial charge >= 0.3 is 5.97 Å². The quantitative estimate of drug-likeness (QED) is 0.833. The van der Waals surface area contributed by atoms with E-state index in [4.69, 9.17) is 14.2 Å². The van der Waals surface area contributed by atoms with Crippen molar-refractivity contribution in [1.82, 2.24) is 10.3 Å². The zero-order valence-corrected chi connectivity index (χ0v) is 14.4. The topological polar surface area (TPSA) is 69.7 Å². The van der Waals surface area contributed by atoms with Crippen molar-refractivity contribution in [2.75, 3.05) is 20.3 Å². The molecule has 1 aliphatic carbocycles. The third-order valence-electron chi connectivity index (χ3n) is 4.95. The van der Waals surface area contributed by atoms with Gasteiger partial charge in [-0.1, -0.05) is 13.0 Å². The third-order valence-corrected chi connectivity index (χ3v) is 4.95. The Morgan fingerprint density at radius 1 is 1.50 bits per heavy atom. The summed E-state index contributed by atoms with van der Waals surface area (Å²) in [6, 6.07) is 3.12. The summed E-state index contributed by atoms with van der Waals surface area (Å²) >= 11 is 0. The Morgan fingerprint density at radius 3 is 2.96 bits per heavy atom. The number of methoxy groups -OCH3 is 1. The first-order chi connectivity index (χ1) is 11.6. The van der Waals surface area contributed by atoms with Gasteiger partial charge in [0.25, 0.3) is 0 Å². The van der Waals surface area contributed by atoms with Crippen molar-refractivity contribution in [3.05, 3.63) is 30.1 Å². The number of rotatable bonds is 5. The number of carbonyl (C=O) groups excluding carboxylic acids is 1. The Morgan fingerprint density at radius 2 is 2.29 bits per heavy atom. The van der Waals surface area contributed by atoms with Gasteiger partial charge in [0.15, 0.2) is 5.79 Å². The van der Waals surface area contributed by atoms with Crippen LogP contribution in [0.25, 0.3) is 0 Å². The van der Waals surface area contributed by atoms with E-state index in [1.165, 1.54) is 7.11 Å². The molecule has 2 aliphatic rings. The molecule has 3 rings (SSSR count). The normalized spacial score (nSPS) is 31.1. The Labute approximate surface area is 142 Å². The molecule has 0 bridgehead atoms. The standard InChI is InChI=1S/C18H26N2O4/c1-13-5-7-18(8-6-13)23-12-15(24-18)11-20-16(17(21)22-2)14-4-3-9-19-10-14/h3-4,9-10,13,15-16,20H,5-8,11-12H2,1-2H3/t13?,15-,16-,18?/m0/s1. The van der Waals surface area contributed by atoms with Gasteiger partial charge in [0, 0.05) is 31.8 Å². The largest absolute Gasteiger partial charge is 0.468 e. The molecule has 2 fully saturated rings. The summed E-state index contributed by atoms with van der Waals surface area (Å²) in [6.07, 6.45) is 7.48. The molecule has 1 N–H and O–H groups in total. The summed E-state index contributed by atoms with van der Waals surface area (Å²) in [5.41, 5.74) is 0.782. The molecule has 0 radical (unpaired) electrons. The molecule has 0 amide bonds. The van der Waals surface area contributed by atoms with Crippen LogP contribution in [0, 0.1) is 5.92 Å². The van der Waals surface area contributed by atoms with Gasteiger partial charge in [-0.3, -0.25) is 10.3 Å². The number of esters is 1. The van der Waals surface area contributed by atoms with Crippen LogP contribution in [-0.2, 0) is 19.0 Å². The second kappa shape index (κ2) is 7.59. The molecule has 6 heteroatoms. The van der Waals surface area contributed by atoms with E-state index in [2.05, 4.69) is 17.2 Å². The van der Waals surface area contributed by atoms with Gasteiger partial charge in [-0.15, -0.1) is 0 Å². The minimum Gasteiger partial charge on any atom is -0.468 e. The minimum absolute atomic E-state index is 0.0535. The first kappa shape index (κ1) is 17.3. The maximum Gasteiger partial charge on any atom is 0.327 e. The molecule has 1 saturated carbocycles. The minimum atomic E-state index is -0.546. The lowest BCUT2D eigenvalue weighted by atomic mass is 9.86. The first-order valence-corrected chi connectivity index (χ1v) is 8.65. The van der Waals surface area contributed by atoms with Crippen LogP contribution in [0.3, 0.4) is 0 Å². The maximum absolute atomic E-state index is 12.1. The smallest absolute Gasteiger partial charge is 0.327 e. The van der Waals surface area contributed by atoms with Crippen LogP contribution in [0.15, 0.2) is 24.5 Å². The van der Waals surface area contributed by atoms with E-state index in [0.29, 0.717) is 13.2 Å². The lowest BCUT2D eigenvalue weighted by molar-refractivity contribution is -0.191. The average molecular weight is 334 g/mol. The number of pyridine rings is 1. The van der Waals surface area contributed by atoms with Crippen molar-refractivity contribution >= 4 is 5.97 Å². The van der Waals surface area contributed by atoms with Gasteiger partial charge in [-0.2, -0.15) is 0 Å². The van der Waals surface area contributed by atoms with Crippen LogP contribution in [0.1, 0.15) is 44.2 Å². The van der Waals surface area contributed by atoms with Crippen molar-refractivity contribution < 1.29 is 19.0 Å². The Kier molecular flexibility index (Phi) is 5.48. The highest BCUT2D eigenvalue weighted by molar-refractivity contribution is 5.77. The zero-order valence-electron chi connectivity index (χ0n) is 14.4. The predicted octanol–water partition coefficient (Wildman–Crippen LogP) is 2.21. The van der Waals surface area contributed by atoms with Crippen molar-refractivity contribution in [1.29, 1.82) is 0 Å². The summed E-state index contributed by atoms with van der Waals surface area (Å²) < 4.78 is 17.1. The van der Waals surface area contributed by atoms with Crippen LogP contribution in [0.2, 0.25) is 0 Å². The molecule has 2 heterocycles. The summed E-state index contributed by atoms with van der Waals surface area (Å²) in [6.45, 7) is 3.37. The van der Waals surface area contributed by atoms with Crippen molar-refractivity contribution in [3.8, 4) is 0 Å². The van der Waals surface area contributed by atoms with Gasteiger partial charge in [0.2, 0.25) is 0 Å². The Hall–Kier alpha value is -1.50. The SMILES string of the molecule is COC(=O)[C@@H](NC[C@H]1COC2(CCC(C)CC2)O1)c1cccnc1. The predicted molar refractivity (Wildman–Crippen MR) is 88.2 cm³/mol. The van der Waals surface area contributed by atoms with Crippen LogP contribution in [0.5, 0.6) is 0 Å². The number of aromatic nitrogens is 1. The van der Waals surface area contributed by atoms with E-state index in [-0.39, 0.29) is 12.1 Å². The molecule has 1 spiro atoms. The number of carbonyl (C=O) groups is 1. The molecule has 0 unspecified atom stereocenters. The van der Waals surface area contributed by atoms with Gasteiger partial charge in [-0.05, 0) is 30.4 Å². The van der Waals surface area contributed by atoms with Crippen molar-refractivity contribution in [3.63, 3.8) is 0 Å². The van der Waals surface area contributed by atoms with Gasteiger partial charge in [-0.25, -0.2) is 4.79 Å². The summed E-state index contributed by atoms with van der Waals surface area (Å²) in [4.78, 5) is 16.1. The number of ether oxygens (including phenoxy) is 3. The Balaban J connectivity index is 1.57. The lowest BCUT2D eigenvalue weighted by Crippen LogP contribution is -2.39. The molecule has 0 aromatic carbocycles. The lowest BCUT2D eigenvalue weighted by Gasteiger charge is -2.34. The fourth-order valence-electron chi connectivity index (χ4n) is 3.43. The fourth-order valence-corrected chi connectivity index (χ4v) is 3.43. The number of nitrogens with zero attached hydrogens (tertiary/aromatic N) is 1. The molecule has 1 aromatic rings. The average Bonchev–Trinajstić information content (AvgIpc) is 3.01. The molecular formula is C18H26N2O4. The van der Waals surface area contributed by atoms with E-state index in [1.54, 1.807) is 18.5 Å². The highest BCUT2D eigenvalue weighted by Gasteiger charge is 2.43. The van der Waals surface area contributed by atoms with Crippen molar-refractivity contribution in [2.24, 2.45) is 5.92 Å². The molecule has 1 aromatic heterocycles. The molecule has 6 nitrogen and oxygen atoms in total.